The van der Waals surface area contributed by atoms with Crippen molar-refractivity contribution in [1.82, 2.24) is 29.5 Å². The molecule has 228 valence electrons. The van der Waals surface area contributed by atoms with Crippen LogP contribution < -0.4 is 16.0 Å². The van der Waals surface area contributed by atoms with Crippen LogP contribution in [0.25, 0.3) is 16.9 Å². The number of piperazine rings is 1. The molecule has 0 radical (unpaired) electrons. The number of hydrogen-bond donors (Lipinski definition) is 2. The van der Waals surface area contributed by atoms with Crippen molar-refractivity contribution in [2.24, 2.45) is 0 Å². The smallest absolute Gasteiger partial charge is 0.248 e. The second-order valence-electron chi connectivity index (χ2n) is 13.3. The van der Waals surface area contributed by atoms with Gasteiger partial charge in [0.05, 0.1) is 5.69 Å². The number of aryl methyl sites for hydroxylation is 1. The van der Waals surface area contributed by atoms with Gasteiger partial charge < -0.3 is 20.9 Å². The topological polar surface area (TPSA) is 91.4 Å². The van der Waals surface area contributed by atoms with Crippen molar-refractivity contribution in [2.75, 3.05) is 62.3 Å². The first kappa shape index (κ1) is 27.6. The van der Waals surface area contributed by atoms with Crippen molar-refractivity contribution in [2.45, 2.75) is 56.9 Å². The van der Waals surface area contributed by atoms with Crippen LogP contribution in [0, 0.1) is 6.92 Å². The van der Waals surface area contributed by atoms with Gasteiger partial charge in [-0.3, -0.25) is 4.90 Å². The maximum atomic E-state index is 6.46. The van der Waals surface area contributed by atoms with Crippen molar-refractivity contribution in [1.29, 1.82) is 0 Å². The largest absolute Gasteiger partial charge is 0.371 e. The number of piperidine rings is 1. The van der Waals surface area contributed by atoms with Gasteiger partial charge in [-0.25, -0.2) is 4.98 Å². The highest BCUT2D eigenvalue weighted by atomic mass is 15.4. The zero-order valence-electron chi connectivity index (χ0n) is 25.9. The number of anilines is 4. The molecule has 9 heteroatoms. The Bertz CT molecular complexity index is 1650. The Morgan fingerprint density at radius 3 is 2.39 bits per heavy atom. The van der Waals surface area contributed by atoms with Gasteiger partial charge in [0.1, 0.15) is 0 Å². The Kier molecular flexibility index (Phi) is 7.02. The molecule has 2 saturated heterocycles. The van der Waals surface area contributed by atoms with E-state index in [1.54, 1.807) is 4.68 Å². The number of fused-ring (bicyclic) bond motifs is 5. The molecule has 8 rings (SSSR count). The number of likely N-dealkylation sites (N-methyl/N-ethyl adjacent to an activating group) is 1. The maximum absolute atomic E-state index is 6.46. The van der Waals surface area contributed by atoms with Crippen LogP contribution in [0.3, 0.4) is 0 Å². The van der Waals surface area contributed by atoms with Crippen LogP contribution in [0.15, 0.2) is 54.6 Å². The molecule has 2 aliphatic heterocycles. The minimum absolute atomic E-state index is 0.332. The molecule has 3 fully saturated rings. The van der Waals surface area contributed by atoms with Gasteiger partial charge in [0.25, 0.3) is 0 Å². The molecule has 9 nitrogen and oxygen atoms in total. The number of nitrogens with one attached hydrogen (secondary N) is 1. The number of benzene rings is 2. The first-order valence-electron chi connectivity index (χ1n) is 16.4. The molecule has 3 N–H and O–H groups in total. The van der Waals surface area contributed by atoms with Gasteiger partial charge in [0.2, 0.25) is 11.9 Å². The quantitative estimate of drug-likeness (QED) is 0.303. The molecule has 2 atom stereocenters. The third-order valence-corrected chi connectivity index (χ3v) is 10.5. The van der Waals surface area contributed by atoms with Crippen LogP contribution in [-0.4, -0.2) is 81.9 Å². The van der Waals surface area contributed by atoms with Gasteiger partial charge in [-0.05, 0) is 98.5 Å². The molecule has 0 spiro atoms. The summed E-state index contributed by atoms with van der Waals surface area (Å²) in [6.07, 6.45) is 6.13. The number of nitrogens with zero attached hydrogens (tertiary/aromatic N) is 7. The highest BCUT2D eigenvalue weighted by molar-refractivity contribution is 5.73. The normalized spacial score (nSPS) is 22.5. The third-order valence-electron chi connectivity index (χ3n) is 10.5. The van der Waals surface area contributed by atoms with Crippen LogP contribution >= 0.6 is 0 Å². The second-order valence-corrected chi connectivity index (χ2v) is 13.3. The standard InChI is InChI=1S/C35H43N9/c1-23-20-27(10-11-30(23)43-14-12-28(13-15-43)42-18-16-41(2)17-19-42)37-35-39-34(36)44(40-35)31-22-29(24-6-4-3-5-7-24)32-25-8-9-26(21-25)33(32)38-31/h3-7,10-11,20,22,25-26,28H,8-9,12-19,21H2,1-2H3,(H3,36,37,39,40). The highest BCUT2D eigenvalue weighted by Gasteiger charge is 2.40. The molecule has 4 aromatic rings. The van der Waals surface area contributed by atoms with Gasteiger partial charge >= 0.3 is 0 Å². The summed E-state index contributed by atoms with van der Waals surface area (Å²) in [5, 5.41) is 8.19. The molecule has 2 aromatic carbocycles. The van der Waals surface area contributed by atoms with Crippen molar-refractivity contribution >= 4 is 23.3 Å². The molecule has 4 aliphatic rings. The van der Waals surface area contributed by atoms with Crippen LogP contribution in [0.4, 0.5) is 23.3 Å². The number of aromatic nitrogens is 4. The Labute approximate surface area is 260 Å². The number of rotatable bonds is 6. The lowest BCUT2D eigenvalue weighted by atomic mass is 9.89. The molecule has 4 heterocycles. The fraction of sp³-hybridized carbons (Fsp3) is 0.457. The van der Waals surface area contributed by atoms with E-state index in [1.165, 1.54) is 91.9 Å². The molecule has 1 saturated carbocycles. The Morgan fingerprint density at radius 1 is 0.841 bits per heavy atom. The second kappa shape index (κ2) is 11.2. The summed E-state index contributed by atoms with van der Waals surface area (Å²) in [6, 6.07) is 20.1. The Morgan fingerprint density at radius 2 is 1.61 bits per heavy atom. The number of nitrogens with two attached hydrogens (primary N) is 1. The van der Waals surface area contributed by atoms with Crippen molar-refractivity contribution in [3.05, 3.63) is 71.4 Å². The van der Waals surface area contributed by atoms with Crippen LogP contribution in [-0.2, 0) is 0 Å². The van der Waals surface area contributed by atoms with E-state index in [4.69, 9.17) is 15.8 Å². The predicted octanol–water partition coefficient (Wildman–Crippen LogP) is 5.54. The molecule has 2 bridgehead atoms. The van der Waals surface area contributed by atoms with E-state index >= 15 is 0 Å². The Hall–Kier alpha value is -3.95. The van der Waals surface area contributed by atoms with E-state index in [9.17, 15) is 0 Å². The van der Waals surface area contributed by atoms with Crippen LogP contribution in [0.2, 0.25) is 0 Å². The predicted molar refractivity (Wildman–Crippen MR) is 177 cm³/mol. The Balaban J connectivity index is 0.993. The van der Waals surface area contributed by atoms with Crippen molar-refractivity contribution in [3.8, 4) is 16.9 Å². The van der Waals surface area contributed by atoms with Gasteiger partial charge in [-0.2, -0.15) is 9.67 Å². The lowest BCUT2D eigenvalue weighted by molar-refractivity contribution is 0.0982. The molecule has 2 aliphatic carbocycles. The molecule has 2 unspecified atom stereocenters. The average Bonchev–Trinajstić information content (AvgIpc) is 3.77. The highest BCUT2D eigenvalue weighted by Crippen LogP contribution is 2.55. The molecule has 0 amide bonds. The van der Waals surface area contributed by atoms with Gasteiger partial charge in [-0.1, -0.05) is 30.3 Å². The van der Waals surface area contributed by atoms with Crippen molar-refractivity contribution in [3.63, 3.8) is 0 Å². The minimum atomic E-state index is 0.332. The molecule has 44 heavy (non-hydrogen) atoms. The summed E-state index contributed by atoms with van der Waals surface area (Å²) in [5.74, 6) is 2.68. The maximum Gasteiger partial charge on any atom is 0.248 e. The van der Waals surface area contributed by atoms with E-state index in [1.807, 2.05) is 0 Å². The molecule has 2 aromatic heterocycles. The van der Waals surface area contributed by atoms with Crippen LogP contribution in [0.5, 0.6) is 0 Å². The lowest BCUT2D eigenvalue weighted by Gasteiger charge is -2.43. The average molecular weight is 590 g/mol. The van der Waals surface area contributed by atoms with E-state index in [0.717, 1.165) is 24.6 Å². The fourth-order valence-corrected chi connectivity index (χ4v) is 8.18. The summed E-state index contributed by atoms with van der Waals surface area (Å²) in [5.41, 5.74) is 15.1. The fourth-order valence-electron chi connectivity index (χ4n) is 8.18. The van der Waals surface area contributed by atoms with Gasteiger partial charge in [-0.15, -0.1) is 5.10 Å². The van der Waals surface area contributed by atoms with Crippen LogP contribution in [0.1, 0.15) is 60.8 Å². The summed E-state index contributed by atoms with van der Waals surface area (Å²) >= 11 is 0. The zero-order chi connectivity index (χ0) is 29.8. The monoisotopic (exact) mass is 589 g/mol. The number of nitrogen functional groups attached to an aromatic ring is 1. The first-order valence-corrected chi connectivity index (χ1v) is 16.4. The van der Waals surface area contributed by atoms with Crippen molar-refractivity contribution < 1.29 is 0 Å². The summed E-state index contributed by atoms with van der Waals surface area (Å²) < 4.78 is 1.69. The summed E-state index contributed by atoms with van der Waals surface area (Å²) in [4.78, 5) is 17.4. The summed E-state index contributed by atoms with van der Waals surface area (Å²) in [7, 11) is 2.23. The third kappa shape index (κ3) is 5.02. The molecular weight excluding hydrogens is 546 g/mol. The minimum Gasteiger partial charge on any atom is -0.371 e. The van der Waals surface area contributed by atoms with E-state index in [-0.39, 0.29) is 0 Å². The zero-order valence-corrected chi connectivity index (χ0v) is 25.9. The van der Waals surface area contributed by atoms with E-state index < -0.39 is 0 Å². The van der Waals surface area contributed by atoms with E-state index in [0.29, 0.717) is 29.8 Å². The lowest BCUT2D eigenvalue weighted by Crippen LogP contribution is -2.52. The number of pyridine rings is 1. The summed E-state index contributed by atoms with van der Waals surface area (Å²) in [6.45, 7) is 9.18. The van der Waals surface area contributed by atoms with E-state index in [2.05, 4.69) is 93.6 Å². The first-order chi connectivity index (χ1) is 21.5. The SMILES string of the molecule is Cc1cc(Nc2nc(N)n(-c3cc(-c4ccccc4)c4c(n3)C3CCC4C3)n2)ccc1N1CCC(N2CCN(C)CC2)CC1. The number of hydrogen-bond acceptors (Lipinski definition) is 8. The molecular formula is C35H43N9. The van der Waals surface area contributed by atoms with Gasteiger partial charge in [0, 0.05) is 62.6 Å². The van der Waals surface area contributed by atoms with Gasteiger partial charge in [0.15, 0.2) is 5.82 Å².